The third kappa shape index (κ3) is 5.48. The predicted octanol–water partition coefficient (Wildman–Crippen LogP) is 4.70. The number of rotatable bonds is 5. The SMILES string of the molecule is CO/C(O[Si](C)(C)C)=C(/C)O[Si](C)(C)C(C)(C)C. The van der Waals surface area contributed by atoms with Crippen molar-refractivity contribution < 1.29 is 13.6 Å². The van der Waals surface area contributed by atoms with Gasteiger partial charge >= 0.3 is 5.95 Å². The maximum atomic E-state index is 6.19. The molecule has 0 saturated heterocycles. The lowest BCUT2D eigenvalue weighted by atomic mass is 10.2. The summed E-state index contributed by atoms with van der Waals surface area (Å²) in [6, 6.07) is 0. The maximum absolute atomic E-state index is 6.19. The van der Waals surface area contributed by atoms with E-state index in [1.807, 2.05) is 6.92 Å². The standard InChI is InChI=1S/C13H30O3Si2/c1-11(12(14-5)16-17(6,7)8)15-18(9,10)13(2,3)4/h1-10H3/b12-11+. The summed E-state index contributed by atoms with van der Waals surface area (Å²) in [6.07, 6.45) is 0. The van der Waals surface area contributed by atoms with Gasteiger partial charge in [0.25, 0.3) is 0 Å². The van der Waals surface area contributed by atoms with E-state index >= 15 is 0 Å². The minimum atomic E-state index is -1.82. The second kappa shape index (κ2) is 5.69. The number of allylic oxidation sites excluding steroid dienone is 1. The molecule has 108 valence electrons. The summed E-state index contributed by atoms with van der Waals surface area (Å²) in [5, 5.41) is 0.173. The fourth-order valence-corrected chi connectivity index (χ4v) is 3.05. The van der Waals surface area contributed by atoms with Crippen molar-refractivity contribution in [2.45, 2.75) is 65.5 Å². The Morgan fingerprint density at radius 3 is 1.61 bits per heavy atom. The molecule has 0 N–H and O–H groups in total. The molecule has 0 aliphatic carbocycles. The Kier molecular flexibility index (Phi) is 5.56. The van der Waals surface area contributed by atoms with Gasteiger partial charge in [0.1, 0.15) is 0 Å². The summed E-state index contributed by atoms with van der Waals surface area (Å²) >= 11 is 0. The predicted molar refractivity (Wildman–Crippen MR) is 82.4 cm³/mol. The number of methoxy groups -OCH3 is 1. The van der Waals surface area contributed by atoms with E-state index in [4.69, 9.17) is 13.6 Å². The zero-order valence-electron chi connectivity index (χ0n) is 13.7. The Morgan fingerprint density at radius 1 is 0.889 bits per heavy atom. The quantitative estimate of drug-likeness (QED) is 0.543. The molecule has 0 amide bonds. The van der Waals surface area contributed by atoms with Gasteiger partial charge < -0.3 is 13.6 Å². The zero-order chi connectivity index (χ0) is 14.8. The van der Waals surface area contributed by atoms with Crippen molar-refractivity contribution in [2.75, 3.05) is 7.11 Å². The molecule has 0 rings (SSSR count). The number of ether oxygens (including phenoxy) is 1. The third-order valence-corrected chi connectivity index (χ3v) is 8.31. The molecule has 0 unspecified atom stereocenters. The lowest BCUT2D eigenvalue weighted by Gasteiger charge is -2.37. The third-order valence-electron chi connectivity index (χ3n) is 3.09. The molecule has 0 aliphatic rings. The van der Waals surface area contributed by atoms with Crippen molar-refractivity contribution in [3.63, 3.8) is 0 Å². The molecular weight excluding hydrogens is 260 g/mol. The van der Waals surface area contributed by atoms with E-state index < -0.39 is 16.6 Å². The fourth-order valence-electron chi connectivity index (χ4n) is 1.11. The van der Waals surface area contributed by atoms with E-state index in [0.717, 1.165) is 5.76 Å². The molecule has 3 nitrogen and oxygen atoms in total. The van der Waals surface area contributed by atoms with E-state index in [1.54, 1.807) is 7.11 Å². The highest BCUT2D eigenvalue weighted by molar-refractivity contribution is 6.74. The van der Waals surface area contributed by atoms with Crippen LogP contribution in [0.3, 0.4) is 0 Å². The summed E-state index contributed by atoms with van der Waals surface area (Å²) in [5.41, 5.74) is 0. The first-order chi connectivity index (χ1) is 7.80. The average Bonchev–Trinajstić information content (AvgIpc) is 2.09. The monoisotopic (exact) mass is 290 g/mol. The Morgan fingerprint density at radius 2 is 1.33 bits per heavy atom. The minimum Gasteiger partial charge on any atom is -0.542 e. The van der Waals surface area contributed by atoms with Crippen LogP contribution in [0.1, 0.15) is 27.7 Å². The summed E-state index contributed by atoms with van der Waals surface area (Å²) in [7, 11) is -1.86. The van der Waals surface area contributed by atoms with Crippen LogP contribution in [-0.4, -0.2) is 23.7 Å². The molecule has 5 heteroatoms. The first-order valence-electron chi connectivity index (χ1n) is 6.43. The van der Waals surface area contributed by atoms with Crippen LogP contribution in [0.5, 0.6) is 0 Å². The second-order valence-corrected chi connectivity index (χ2v) is 16.3. The summed E-state index contributed by atoms with van der Waals surface area (Å²) < 4.78 is 17.4. The molecular formula is C13H30O3Si2. The van der Waals surface area contributed by atoms with Crippen LogP contribution in [0.2, 0.25) is 37.8 Å². The van der Waals surface area contributed by atoms with Gasteiger partial charge in [0.05, 0.1) is 7.11 Å². The normalized spacial score (nSPS) is 15.0. The van der Waals surface area contributed by atoms with Crippen molar-refractivity contribution in [1.29, 1.82) is 0 Å². The van der Waals surface area contributed by atoms with E-state index in [-0.39, 0.29) is 5.04 Å². The van der Waals surface area contributed by atoms with Crippen LogP contribution in [-0.2, 0) is 13.6 Å². The van der Waals surface area contributed by atoms with Crippen LogP contribution in [0.4, 0.5) is 0 Å². The molecule has 18 heavy (non-hydrogen) atoms. The Bertz CT molecular complexity index is 309. The first kappa shape index (κ1) is 17.6. The highest BCUT2D eigenvalue weighted by atomic mass is 28.4. The molecule has 0 bridgehead atoms. The van der Waals surface area contributed by atoms with Crippen molar-refractivity contribution in [3.8, 4) is 0 Å². The maximum Gasteiger partial charge on any atom is 0.303 e. The zero-order valence-corrected chi connectivity index (χ0v) is 15.7. The van der Waals surface area contributed by atoms with Crippen LogP contribution < -0.4 is 0 Å². The van der Waals surface area contributed by atoms with Crippen molar-refractivity contribution in [2.24, 2.45) is 0 Å². The first-order valence-corrected chi connectivity index (χ1v) is 12.7. The largest absolute Gasteiger partial charge is 0.542 e. The lowest BCUT2D eigenvalue weighted by molar-refractivity contribution is 0.124. The highest BCUT2D eigenvalue weighted by Crippen LogP contribution is 2.38. The van der Waals surface area contributed by atoms with Gasteiger partial charge in [0.15, 0.2) is 5.76 Å². The Labute approximate surface area is 115 Å². The van der Waals surface area contributed by atoms with Gasteiger partial charge in [0.2, 0.25) is 16.6 Å². The molecule has 0 aromatic rings. The molecule has 0 atom stereocenters. The van der Waals surface area contributed by atoms with Crippen molar-refractivity contribution in [3.05, 3.63) is 11.7 Å². The highest BCUT2D eigenvalue weighted by Gasteiger charge is 2.39. The summed E-state index contributed by atoms with van der Waals surface area (Å²) in [6.45, 7) is 19.4. The van der Waals surface area contributed by atoms with Gasteiger partial charge in [-0.05, 0) is 44.7 Å². The molecule has 0 fully saturated rings. The van der Waals surface area contributed by atoms with Gasteiger partial charge in [-0.2, -0.15) is 0 Å². The van der Waals surface area contributed by atoms with E-state index in [1.165, 1.54) is 0 Å². The van der Waals surface area contributed by atoms with Gasteiger partial charge in [0, 0.05) is 0 Å². The fraction of sp³-hybridized carbons (Fsp3) is 0.846. The van der Waals surface area contributed by atoms with Crippen LogP contribution in [0, 0.1) is 0 Å². The molecule has 0 spiro atoms. The summed E-state index contributed by atoms with van der Waals surface area (Å²) in [4.78, 5) is 0. The van der Waals surface area contributed by atoms with Crippen LogP contribution in [0.15, 0.2) is 11.7 Å². The topological polar surface area (TPSA) is 27.7 Å². The van der Waals surface area contributed by atoms with Gasteiger partial charge in [-0.1, -0.05) is 20.8 Å². The average molecular weight is 291 g/mol. The molecule has 0 radical (unpaired) electrons. The summed E-state index contributed by atoms with van der Waals surface area (Å²) in [5.74, 6) is 1.31. The smallest absolute Gasteiger partial charge is 0.303 e. The van der Waals surface area contributed by atoms with E-state index in [2.05, 4.69) is 53.5 Å². The van der Waals surface area contributed by atoms with Crippen LogP contribution in [0.25, 0.3) is 0 Å². The van der Waals surface area contributed by atoms with E-state index in [0.29, 0.717) is 5.95 Å². The number of hydrogen-bond acceptors (Lipinski definition) is 3. The second-order valence-electron chi connectivity index (χ2n) is 7.12. The number of hydrogen-bond donors (Lipinski definition) is 0. The Balaban J connectivity index is 5.05. The minimum absolute atomic E-state index is 0.173. The molecule has 0 aromatic heterocycles. The van der Waals surface area contributed by atoms with Crippen molar-refractivity contribution >= 4 is 16.6 Å². The Hall–Kier alpha value is -0.426. The van der Waals surface area contributed by atoms with Crippen LogP contribution >= 0.6 is 0 Å². The van der Waals surface area contributed by atoms with Gasteiger partial charge in [-0.25, -0.2) is 0 Å². The van der Waals surface area contributed by atoms with Gasteiger partial charge in [-0.3, -0.25) is 0 Å². The molecule has 0 aromatic carbocycles. The molecule has 0 heterocycles. The van der Waals surface area contributed by atoms with Gasteiger partial charge in [-0.15, -0.1) is 0 Å². The van der Waals surface area contributed by atoms with Crippen molar-refractivity contribution in [1.82, 2.24) is 0 Å². The van der Waals surface area contributed by atoms with E-state index in [9.17, 15) is 0 Å². The molecule has 0 aliphatic heterocycles. The lowest BCUT2D eigenvalue weighted by Crippen LogP contribution is -2.40. The molecule has 0 saturated carbocycles.